The van der Waals surface area contributed by atoms with Gasteiger partial charge < -0.3 is 9.84 Å². The van der Waals surface area contributed by atoms with Gasteiger partial charge in [0.2, 0.25) is 0 Å². The molecular formula is C9H14O3. The van der Waals surface area contributed by atoms with Gasteiger partial charge in [0.05, 0.1) is 18.6 Å². The Hall–Kier alpha value is -0.570. The lowest BCUT2D eigenvalue weighted by molar-refractivity contribution is -0.145. The zero-order valence-electron chi connectivity index (χ0n) is 7.19. The Balaban J connectivity index is 1.85. The molecule has 0 saturated heterocycles. The van der Waals surface area contributed by atoms with Gasteiger partial charge in [0.25, 0.3) is 0 Å². The lowest BCUT2D eigenvalue weighted by Gasteiger charge is -2.06. The van der Waals surface area contributed by atoms with Crippen LogP contribution in [0.2, 0.25) is 0 Å². The van der Waals surface area contributed by atoms with E-state index in [-0.39, 0.29) is 18.0 Å². The normalized spacial score (nSPS) is 43.8. The smallest absolute Gasteiger partial charge is 0.309 e. The van der Waals surface area contributed by atoms with Crippen LogP contribution in [-0.2, 0) is 9.53 Å². The van der Waals surface area contributed by atoms with Crippen LogP contribution in [0.15, 0.2) is 0 Å². The SMILES string of the molecule is CCOC(=O)C1C2CC(O)C[C@H]21. The molecule has 1 N–H and O–H groups in total. The molecule has 2 aliphatic carbocycles. The van der Waals surface area contributed by atoms with E-state index >= 15 is 0 Å². The Morgan fingerprint density at radius 2 is 2.08 bits per heavy atom. The van der Waals surface area contributed by atoms with E-state index in [1.165, 1.54) is 0 Å². The molecule has 0 amide bonds. The molecule has 0 spiro atoms. The first-order chi connectivity index (χ1) is 5.74. The molecule has 2 saturated carbocycles. The van der Waals surface area contributed by atoms with Gasteiger partial charge >= 0.3 is 5.97 Å². The Bertz CT molecular complexity index is 190. The van der Waals surface area contributed by atoms with E-state index in [1.807, 2.05) is 6.92 Å². The molecule has 2 aliphatic rings. The lowest BCUT2D eigenvalue weighted by Crippen LogP contribution is -2.14. The van der Waals surface area contributed by atoms with E-state index in [9.17, 15) is 9.90 Å². The number of rotatable bonds is 2. The van der Waals surface area contributed by atoms with Crippen molar-refractivity contribution < 1.29 is 14.6 Å². The van der Waals surface area contributed by atoms with Crippen molar-refractivity contribution in [2.24, 2.45) is 17.8 Å². The number of aliphatic hydroxyl groups is 1. The molecule has 4 atom stereocenters. The predicted octanol–water partition coefficient (Wildman–Crippen LogP) is 0.566. The maximum atomic E-state index is 11.2. The largest absolute Gasteiger partial charge is 0.466 e. The van der Waals surface area contributed by atoms with Gasteiger partial charge in [-0.2, -0.15) is 0 Å². The molecule has 0 aliphatic heterocycles. The summed E-state index contributed by atoms with van der Waals surface area (Å²) in [5.41, 5.74) is 0. The summed E-state index contributed by atoms with van der Waals surface area (Å²) in [6.45, 7) is 2.29. The molecule has 3 nitrogen and oxygen atoms in total. The summed E-state index contributed by atoms with van der Waals surface area (Å²) in [7, 11) is 0. The standard InChI is InChI=1S/C9H14O3/c1-2-12-9(11)8-6-3-5(10)4-7(6)8/h5-8,10H,2-4H2,1H3/t5?,6-,7?,8?/m1/s1. The molecule has 3 unspecified atom stereocenters. The minimum atomic E-state index is -0.161. The molecule has 0 aromatic rings. The fourth-order valence-electron chi connectivity index (χ4n) is 2.40. The van der Waals surface area contributed by atoms with Crippen LogP contribution in [-0.4, -0.2) is 23.8 Å². The summed E-state index contributed by atoms with van der Waals surface area (Å²) in [4.78, 5) is 11.2. The first-order valence-corrected chi connectivity index (χ1v) is 4.58. The van der Waals surface area contributed by atoms with E-state index in [1.54, 1.807) is 0 Å². The summed E-state index contributed by atoms with van der Waals surface area (Å²) >= 11 is 0. The highest BCUT2D eigenvalue weighted by Gasteiger charge is 2.60. The number of carbonyl (C=O) groups is 1. The van der Waals surface area contributed by atoms with Crippen LogP contribution in [0.5, 0.6) is 0 Å². The molecule has 2 fully saturated rings. The summed E-state index contributed by atoms with van der Waals surface area (Å²) in [6.07, 6.45) is 1.44. The topological polar surface area (TPSA) is 46.5 Å². The predicted molar refractivity (Wildman–Crippen MR) is 42.3 cm³/mol. The third kappa shape index (κ3) is 1.12. The van der Waals surface area contributed by atoms with Crippen LogP contribution in [0.4, 0.5) is 0 Å². The minimum Gasteiger partial charge on any atom is -0.466 e. The van der Waals surface area contributed by atoms with E-state index in [0.29, 0.717) is 18.4 Å². The third-order valence-electron chi connectivity index (χ3n) is 2.98. The molecule has 68 valence electrons. The summed E-state index contributed by atoms with van der Waals surface area (Å²) in [5, 5.41) is 9.21. The number of ether oxygens (including phenoxy) is 1. The van der Waals surface area contributed by atoms with E-state index in [4.69, 9.17) is 4.74 Å². The maximum Gasteiger partial charge on any atom is 0.309 e. The van der Waals surface area contributed by atoms with Crippen LogP contribution in [0.25, 0.3) is 0 Å². The molecule has 0 bridgehead atoms. The Kier molecular flexibility index (Phi) is 1.83. The summed E-state index contributed by atoms with van der Waals surface area (Å²) in [5.74, 6) is 0.922. The molecule has 0 aromatic carbocycles. The van der Waals surface area contributed by atoms with Gasteiger partial charge in [0, 0.05) is 0 Å². The van der Waals surface area contributed by atoms with E-state index < -0.39 is 0 Å². The highest BCUT2D eigenvalue weighted by atomic mass is 16.5. The Labute approximate surface area is 71.7 Å². The monoisotopic (exact) mass is 170 g/mol. The number of hydrogen-bond acceptors (Lipinski definition) is 3. The van der Waals surface area contributed by atoms with E-state index in [0.717, 1.165) is 12.8 Å². The number of carbonyl (C=O) groups excluding carboxylic acids is 1. The van der Waals surface area contributed by atoms with Gasteiger partial charge in [0.15, 0.2) is 0 Å². The fraction of sp³-hybridized carbons (Fsp3) is 0.889. The summed E-state index contributed by atoms with van der Waals surface area (Å²) < 4.78 is 4.92. The second kappa shape index (κ2) is 2.73. The van der Waals surface area contributed by atoms with Gasteiger partial charge in [-0.3, -0.25) is 4.79 Å². The number of hydrogen-bond donors (Lipinski definition) is 1. The van der Waals surface area contributed by atoms with Crippen LogP contribution in [0.1, 0.15) is 19.8 Å². The van der Waals surface area contributed by atoms with Gasteiger partial charge in [-0.1, -0.05) is 0 Å². The average Bonchev–Trinajstić information content (AvgIpc) is 2.51. The van der Waals surface area contributed by atoms with Gasteiger partial charge in [-0.15, -0.1) is 0 Å². The number of aliphatic hydroxyl groups excluding tert-OH is 1. The number of fused-ring (bicyclic) bond motifs is 1. The van der Waals surface area contributed by atoms with Crippen LogP contribution in [0, 0.1) is 17.8 Å². The summed E-state index contributed by atoms with van der Waals surface area (Å²) in [6, 6.07) is 0. The van der Waals surface area contributed by atoms with Crippen molar-refractivity contribution in [2.75, 3.05) is 6.61 Å². The van der Waals surface area contributed by atoms with Crippen LogP contribution >= 0.6 is 0 Å². The molecule has 0 heterocycles. The van der Waals surface area contributed by atoms with Crippen molar-refractivity contribution in [3.05, 3.63) is 0 Å². The number of esters is 1. The fourth-order valence-corrected chi connectivity index (χ4v) is 2.40. The van der Waals surface area contributed by atoms with Gasteiger partial charge in [-0.25, -0.2) is 0 Å². The Morgan fingerprint density at radius 1 is 1.50 bits per heavy atom. The highest BCUT2D eigenvalue weighted by Crippen LogP contribution is 2.57. The van der Waals surface area contributed by atoms with Crippen molar-refractivity contribution in [1.29, 1.82) is 0 Å². The van der Waals surface area contributed by atoms with Crippen LogP contribution < -0.4 is 0 Å². The second-order valence-corrected chi connectivity index (χ2v) is 3.73. The van der Waals surface area contributed by atoms with Crippen molar-refractivity contribution >= 4 is 5.97 Å². The highest BCUT2D eigenvalue weighted by molar-refractivity contribution is 5.76. The van der Waals surface area contributed by atoms with Crippen molar-refractivity contribution in [2.45, 2.75) is 25.9 Å². The third-order valence-corrected chi connectivity index (χ3v) is 2.98. The zero-order chi connectivity index (χ0) is 8.72. The van der Waals surface area contributed by atoms with Gasteiger partial charge in [-0.05, 0) is 31.6 Å². The zero-order valence-corrected chi connectivity index (χ0v) is 7.19. The van der Waals surface area contributed by atoms with Crippen LogP contribution in [0.3, 0.4) is 0 Å². The molecule has 0 aromatic heterocycles. The quantitative estimate of drug-likeness (QED) is 0.616. The lowest BCUT2D eigenvalue weighted by atomic mass is 10.1. The maximum absolute atomic E-state index is 11.2. The molecule has 0 radical (unpaired) electrons. The van der Waals surface area contributed by atoms with Crippen molar-refractivity contribution in [3.63, 3.8) is 0 Å². The second-order valence-electron chi connectivity index (χ2n) is 3.73. The molecular weight excluding hydrogens is 156 g/mol. The van der Waals surface area contributed by atoms with Gasteiger partial charge in [0.1, 0.15) is 0 Å². The molecule has 2 rings (SSSR count). The minimum absolute atomic E-state index is 0.0561. The van der Waals surface area contributed by atoms with Crippen molar-refractivity contribution in [3.8, 4) is 0 Å². The van der Waals surface area contributed by atoms with E-state index in [2.05, 4.69) is 0 Å². The average molecular weight is 170 g/mol. The first-order valence-electron chi connectivity index (χ1n) is 4.58. The Morgan fingerprint density at radius 3 is 2.58 bits per heavy atom. The molecule has 3 heteroatoms. The molecule has 12 heavy (non-hydrogen) atoms. The van der Waals surface area contributed by atoms with Crippen molar-refractivity contribution in [1.82, 2.24) is 0 Å². The first kappa shape index (κ1) is 8.05.